The number of hydrogen-bond donors (Lipinski definition) is 1. The first kappa shape index (κ1) is 16.0. The van der Waals surface area contributed by atoms with E-state index in [1.807, 2.05) is 0 Å². The third kappa shape index (κ3) is 4.93. The average molecular weight is 281 g/mol. The second-order valence-electron chi connectivity index (χ2n) is 4.56. The van der Waals surface area contributed by atoms with E-state index in [2.05, 4.69) is 12.2 Å². The van der Waals surface area contributed by atoms with Crippen molar-refractivity contribution in [3.8, 4) is 0 Å². The van der Waals surface area contributed by atoms with Crippen LogP contribution < -0.4 is 5.32 Å². The minimum absolute atomic E-state index is 0.208. The van der Waals surface area contributed by atoms with E-state index in [-0.39, 0.29) is 11.4 Å². The fourth-order valence-electron chi connectivity index (χ4n) is 1.89. The lowest BCUT2D eigenvalue weighted by molar-refractivity contribution is -0.394. The predicted octanol–water partition coefficient (Wildman–Crippen LogP) is 3.17. The van der Waals surface area contributed by atoms with Gasteiger partial charge in [0.05, 0.1) is 15.9 Å². The summed E-state index contributed by atoms with van der Waals surface area (Å²) in [6, 6.07) is 3.74. The van der Waals surface area contributed by atoms with Gasteiger partial charge in [-0.3, -0.25) is 20.2 Å². The summed E-state index contributed by atoms with van der Waals surface area (Å²) in [5.41, 5.74) is -0.000236. The van der Waals surface area contributed by atoms with Gasteiger partial charge in [-0.1, -0.05) is 26.2 Å². The molecule has 1 rings (SSSR count). The van der Waals surface area contributed by atoms with Crippen LogP contribution in [0.25, 0.3) is 0 Å². The first-order valence-electron chi connectivity index (χ1n) is 6.68. The number of rotatable bonds is 9. The van der Waals surface area contributed by atoms with Crippen LogP contribution in [0.3, 0.4) is 0 Å². The highest BCUT2D eigenvalue weighted by molar-refractivity contribution is 5.49. The molecule has 0 amide bonds. The number of nitrogens with zero attached hydrogens (tertiary/aromatic N) is 2. The number of unbranched alkanes of at least 4 members (excludes halogenated alkanes) is 3. The summed E-state index contributed by atoms with van der Waals surface area (Å²) >= 11 is 0. The van der Waals surface area contributed by atoms with Gasteiger partial charge in [-0.05, 0) is 19.0 Å². The summed E-state index contributed by atoms with van der Waals surface area (Å²) in [5.74, 6) is 0. The van der Waals surface area contributed by atoms with Crippen LogP contribution in [-0.2, 0) is 6.54 Å². The first-order valence-corrected chi connectivity index (χ1v) is 6.68. The normalized spacial score (nSPS) is 10.4. The molecule has 1 aromatic carbocycles. The number of nitro groups is 2. The van der Waals surface area contributed by atoms with E-state index in [4.69, 9.17) is 0 Å². The molecule has 0 unspecified atom stereocenters. The Morgan fingerprint density at radius 2 is 1.85 bits per heavy atom. The van der Waals surface area contributed by atoms with Gasteiger partial charge in [0, 0.05) is 18.2 Å². The standard InChI is InChI=1S/C13H19N3O4/c1-2-3-4-5-8-14-10-11-6-7-12(15(17)18)9-13(11)16(19)20/h6-7,9,14H,2-5,8,10H2,1H3. The van der Waals surface area contributed by atoms with Crippen molar-refractivity contribution >= 4 is 11.4 Å². The second-order valence-corrected chi connectivity index (χ2v) is 4.56. The largest absolute Gasteiger partial charge is 0.312 e. The molecule has 0 aromatic heterocycles. The number of benzene rings is 1. The van der Waals surface area contributed by atoms with E-state index in [9.17, 15) is 20.2 Å². The van der Waals surface area contributed by atoms with Crippen LogP contribution in [0, 0.1) is 20.2 Å². The van der Waals surface area contributed by atoms with Crippen LogP contribution in [0.2, 0.25) is 0 Å². The van der Waals surface area contributed by atoms with E-state index in [1.165, 1.54) is 18.6 Å². The average Bonchev–Trinajstić information content (AvgIpc) is 2.42. The van der Waals surface area contributed by atoms with Crippen LogP contribution in [-0.4, -0.2) is 16.4 Å². The van der Waals surface area contributed by atoms with Crippen molar-refractivity contribution in [3.05, 3.63) is 44.0 Å². The molecule has 0 heterocycles. The van der Waals surface area contributed by atoms with Crippen LogP contribution in [0.15, 0.2) is 18.2 Å². The molecule has 0 fully saturated rings. The quantitative estimate of drug-likeness (QED) is 0.426. The van der Waals surface area contributed by atoms with Crippen LogP contribution in [0.5, 0.6) is 0 Å². The molecule has 0 bridgehead atoms. The molecule has 0 aliphatic carbocycles. The van der Waals surface area contributed by atoms with Crippen molar-refractivity contribution in [1.82, 2.24) is 5.32 Å². The Bertz CT molecular complexity index is 477. The first-order chi connectivity index (χ1) is 9.56. The number of nitrogens with one attached hydrogen (secondary N) is 1. The van der Waals surface area contributed by atoms with Gasteiger partial charge in [0.2, 0.25) is 0 Å². The Labute approximate surface area is 117 Å². The summed E-state index contributed by atoms with van der Waals surface area (Å²) in [6.07, 6.45) is 4.49. The molecule has 0 saturated carbocycles. The van der Waals surface area contributed by atoms with Crippen molar-refractivity contribution in [2.75, 3.05) is 6.54 Å². The predicted molar refractivity (Wildman–Crippen MR) is 75.6 cm³/mol. The topological polar surface area (TPSA) is 98.3 Å². The zero-order chi connectivity index (χ0) is 15.0. The van der Waals surface area contributed by atoms with Crippen molar-refractivity contribution in [1.29, 1.82) is 0 Å². The zero-order valence-corrected chi connectivity index (χ0v) is 11.5. The molecule has 0 aliphatic rings. The smallest absolute Gasteiger partial charge is 0.280 e. The van der Waals surface area contributed by atoms with Gasteiger partial charge in [0.25, 0.3) is 11.4 Å². The van der Waals surface area contributed by atoms with Crippen molar-refractivity contribution < 1.29 is 9.85 Å². The van der Waals surface area contributed by atoms with Crippen LogP contribution in [0.4, 0.5) is 11.4 Å². The minimum Gasteiger partial charge on any atom is -0.312 e. The summed E-state index contributed by atoms with van der Waals surface area (Å²) in [5, 5.41) is 24.7. The number of non-ortho nitro benzene ring substituents is 1. The van der Waals surface area contributed by atoms with Crippen molar-refractivity contribution in [2.45, 2.75) is 39.2 Å². The van der Waals surface area contributed by atoms with Gasteiger partial charge in [-0.15, -0.1) is 0 Å². The lowest BCUT2D eigenvalue weighted by Gasteiger charge is -2.05. The molecule has 20 heavy (non-hydrogen) atoms. The molecule has 0 aliphatic heterocycles. The maximum atomic E-state index is 10.9. The number of hydrogen-bond acceptors (Lipinski definition) is 5. The highest BCUT2D eigenvalue weighted by atomic mass is 16.6. The van der Waals surface area contributed by atoms with Gasteiger partial charge in [-0.25, -0.2) is 0 Å². The maximum Gasteiger partial charge on any atom is 0.280 e. The van der Waals surface area contributed by atoms with Crippen molar-refractivity contribution in [3.63, 3.8) is 0 Å². The molecule has 7 nitrogen and oxygen atoms in total. The third-order valence-corrected chi connectivity index (χ3v) is 3.00. The monoisotopic (exact) mass is 281 g/mol. The fourth-order valence-corrected chi connectivity index (χ4v) is 1.89. The summed E-state index contributed by atoms with van der Waals surface area (Å²) in [4.78, 5) is 20.3. The summed E-state index contributed by atoms with van der Waals surface area (Å²) in [6.45, 7) is 3.27. The Hall–Kier alpha value is -2.02. The summed E-state index contributed by atoms with van der Waals surface area (Å²) < 4.78 is 0. The Balaban J connectivity index is 2.60. The molecule has 0 spiro atoms. The molecule has 0 radical (unpaired) electrons. The Morgan fingerprint density at radius 3 is 2.45 bits per heavy atom. The number of nitro benzene ring substituents is 2. The molecule has 1 aromatic rings. The van der Waals surface area contributed by atoms with E-state index in [0.29, 0.717) is 12.1 Å². The third-order valence-electron chi connectivity index (χ3n) is 3.00. The van der Waals surface area contributed by atoms with Crippen LogP contribution in [0.1, 0.15) is 38.2 Å². The molecular weight excluding hydrogens is 262 g/mol. The molecule has 1 N–H and O–H groups in total. The minimum atomic E-state index is -0.630. The van der Waals surface area contributed by atoms with E-state index in [0.717, 1.165) is 31.9 Å². The van der Waals surface area contributed by atoms with Gasteiger partial charge >= 0.3 is 0 Å². The van der Waals surface area contributed by atoms with E-state index < -0.39 is 9.85 Å². The molecule has 110 valence electrons. The molecule has 0 atom stereocenters. The van der Waals surface area contributed by atoms with Crippen LogP contribution >= 0.6 is 0 Å². The lowest BCUT2D eigenvalue weighted by atomic mass is 10.1. The maximum absolute atomic E-state index is 10.9. The van der Waals surface area contributed by atoms with Gasteiger partial charge in [-0.2, -0.15) is 0 Å². The van der Waals surface area contributed by atoms with E-state index >= 15 is 0 Å². The highest BCUT2D eigenvalue weighted by Crippen LogP contribution is 2.24. The zero-order valence-electron chi connectivity index (χ0n) is 11.5. The van der Waals surface area contributed by atoms with E-state index in [1.54, 1.807) is 0 Å². The van der Waals surface area contributed by atoms with Crippen molar-refractivity contribution in [2.24, 2.45) is 0 Å². The highest BCUT2D eigenvalue weighted by Gasteiger charge is 2.18. The molecular formula is C13H19N3O4. The van der Waals surface area contributed by atoms with Gasteiger partial charge in [0.15, 0.2) is 0 Å². The second kappa shape index (κ2) is 8.21. The molecule has 7 heteroatoms. The lowest BCUT2D eigenvalue weighted by Crippen LogP contribution is -2.15. The molecule has 0 saturated heterocycles. The van der Waals surface area contributed by atoms with Gasteiger partial charge < -0.3 is 5.32 Å². The van der Waals surface area contributed by atoms with Gasteiger partial charge in [0.1, 0.15) is 0 Å². The Kier molecular flexibility index (Phi) is 6.58. The summed E-state index contributed by atoms with van der Waals surface area (Å²) in [7, 11) is 0. The SMILES string of the molecule is CCCCCCNCc1ccc([N+](=O)[O-])cc1[N+](=O)[O-]. The fraction of sp³-hybridized carbons (Fsp3) is 0.538. The Morgan fingerprint density at radius 1 is 1.10 bits per heavy atom.